The van der Waals surface area contributed by atoms with Gasteiger partial charge in [0, 0.05) is 19.0 Å². The third-order valence-corrected chi connectivity index (χ3v) is 1.62. The summed E-state index contributed by atoms with van der Waals surface area (Å²) in [4.78, 5) is 8.08. The van der Waals surface area contributed by atoms with Crippen LogP contribution in [0.4, 0.5) is 0 Å². The van der Waals surface area contributed by atoms with Crippen molar-refractivity contribution in [2.24, 2.45) is 21.8 Å². The van der Waals surface area contributed by atoms with Crippen molar-refractivity contribution in [3.05, 3.63) is 11.8 Å². The average molecular weight is 180 g/mol. The van der Waals surface area contributed by atoms with Gasteiger partial charge in [0.15, 0.2) is 0 Å². The quantitative estimate of drug-likeness (QED) is 0.581. The second-order valence-corrected chi connectivity index (χ2v) is 3.85. The molecule has 0 aromatic rings. The van der Waals surface area contributed by atoms with Crippen LogP contribution in [-0.4, -0.2) is 19.5 Å². The summed E-state index contributed by atoms with van der Waals surface area (Å²) in [5.74, 6) is 1.07. The van der Waals surface area contributed by atoms with Crippen molar-refractivity contribution < 1.29 is 0 Å². The van der Waals surface area contributed by atoms with Crippen LogP contribution in [-0.2, 0) is 0 Å². The number of rotatable bonds is 5. The van der Waals surface area contributed by atoms with Crippen molar-refractivity contribution in [2.45, 2.75) is 27.7 Å². The van der Waals surface area contributed by atoms with Crippen LogP contribution < -0.4 is 0 Å². The fraction of sp³-hybridized carbons (Fsp3) is 0.636. The van der Waals surface area contributed by atoms with Crippen LogP contribution in [0, 0.1) is 11.8 Å². The lowest BCUT2D eigenvalue weighted by Gasteiger charge is -2.04. The minimum atomic E-state index is 0.460. The summed E-state index contributed by atoms with van der Waals surface area (Å²) in [7, 11) is 0. The molecule has 2 nitrogen and oxygen atoms in total. The summed E-state index contributed by atoms with van der Waals surface area (Å²) in [6, 6.07) is 0. The van der Waals surface area contributed by atoms with E-state index in [0.717, 1.165) is 12.1 Å². The largest absolute Gasteiger partial charge is 0.293 e. The Labute approximate surface area is 81.5 Å². The molecule has 0 aromatic carbocycles. The SMILES string of the molecule is C=N/C=C(\C=NCC(C)C)C(C)C. The maximum absolute atomic E-state index is 4.33. The van der Waals surface area contributed by atoms with Crippen LogP contribution in [0.25, 0.3) is 0 Å². The lowest BCUT2D eigenvalue weighted by atomic mass is 10.1. The van der Waals surface area contributed by atoms with Gasteiger partial charge < -0.3 is 0 Å². The Morgan fingerprint density at radius 3 is 2.31 bits per heavy atom. The third kappa shape index (κ3) is 6.26. The Balaban J connectivity index is 4.18. The standard InChI is InChI=1S/C11H20N2/c1-9(2)6-13-8-11(7-12-5)10(3)4/h7-10H,5-6H2,1-4H3/b11-7+,13-8?. The van der Waals surface area contributed by atoms with E-state index < -0.39 is 0 Å². The maximum atomic E-state index is 4.33. The lowest BCUT2D eigenvalue weighted by molar-refractivity contribution is 0.666. The highest BCUT2D eigenvalue weighted by molar-refractivity contribution is 5.79. The molecule has 0 spiro atoms. The summed E-state index contributed by atoms with van der Waals surface area (Å²) in [6.07, 6.45) is 3.67. The van der Waals surface area contributed by atoms with E-state index in [-0.39, 0.29) is 0 Å². The number of hydrogen-bond acceptors (Lipinski definition) is 2. The van der Waals surface area contributed by atoms with Gasteiger partial charge in [-0.2, -0.15) is 0 Å². The minimum Gasteiger partial charge on any atom is -0.293 e. The van der Waals surface area contributed by atoms with Gasteiger partial charge in [-0.15, -0.1) is 0 Å². The predicted molar refractivity (Wildman–Crippen MR) is 60.7 cm³/mol. The average Bonchev–Trinajstić information content (AvgIpc) is 2.02. The van der Waals surface area contributed by atoms with Crippen molar-refractivity contribution in [1.82, 2.24) is 0 Å². The van der Waals surface area contributed by atoms with Crippen molar-refractivity contribution in [3.63, 3.8) is 0 Å². The highest BCUT2D eigenvalue weighted by atomic mass is 14.7. The summed E-state index contributed by atoms with van der Waals surface area (Å²) >= 11 is 0. The molecule has 0 fully saturated rings. The first-order valence-corrected chi connectivity index (χ1v) is 4.73. The molecule has 0 aliphatic rings. The molecule has 2 heteroatoms. The van der Waals surface area contributed by atoms with Crippen molar-refractivity contribution in [2.75, 3.05) is 6.54 Å². The Kier molecular flexibility index (Phi) is 6.11. The van der Waals surface area contributed by atoms with E-state index in [1.54, 1.807) is 6.20 Å². The molecule has 0 aliphatic heterocycles. The van der Waals surface area contributed by atoms with Gasteiger partial charge in [0.25, 0.3) is 0 Å². The molecular weight excluding hydrogens is 160 g/mol. The number of hydrogen-bond donors (Lipinski definition) is 0. The summed E-state index contributed by atoms with van der Waals surface area (Å²) < 4.78 is 0. The molecule has 0 rings (SSSR count). The minimum absolute atomic E-state index is 0.460. The van der Waals surface area contributed by atoms with Gasteiger partial charge in [-0.05, 0) is 24.1 Å². The second-order valence-electron chi connectivity index (χ2n) is 3.85. The van der Waals surface area contributed by atoms with Gasteiger partial charge in [-0.3, -0.25) is 9.98 Å². The molecule has 0 aromatic heterocycles. The van der Waals surface area contributed by atoms with Gasteiger partial charge in [0.2, 0.25) is 0 Å². The van der Waals surface area contributed by atoms with E-state index in [4.69, 9.17) is 0 Å². The van der Waals surface area contributed by atoms with Gasteiger partial charge >= 0.3 is 0 Å². The first kappa shape index (κ1) is 12.1. The number of nitrogens with zero attached hydrogens (tertiary/aromatic N) is 2. The lowest BCUT2D eigenvalue weighted by Crippen LogP contribution is -1.98. The van der Waals surface area contributed by atoms with Crippen molar-refractivity contribution in [1.29, 1.82) is 0 Å². The molecule has 0 bridgehead atoms. The molecule has 0 atom stereocenters. The number of aliphatic imine (C=N–C) groups is 2. The molecule has 0 aliphatic carbocycles. The summed E-state index contributed by atoms with van der Waals surface area (Å²) in [5.41, 5.74) is 1.13. The predicted octanol–water partition coefficient (Wildman–Crippen LogP) is 2.95. The fourth-order valence-corrected chi connectivity index (χ4v) is 0.806. The molecule has 0 unspecified atom stereocenters. The second kappa shape index (κ2) is 6.58. The monoisotopic (exact) mass is 180 g/mol. The van der Waals surface area contributed by atoms with E-state index >= 15 is 0 Å². The molecule has 0 heterocycles. The Morgan fingerprint density at radius 1 is 1.31 bits per heavy atom. The smallest absolute Gasteiger partial charge is 0.0412 e. The Bertz CT molecular complexity index is 200. The first-order valence-electron chi connectivity index (χ1n) is 4.73. The van der Waals surface area contributed by atoms with E-state index in [0.29, 0.717) is 11.8 Å². The van der Waals surface area contributed by atoms with Crippen LogP contribution in [0.3, 0.4) is 0 Å². The van der Waals surface area contributed by atoms with E-state index in [9.17, 15) is 0 Å². The van der Waals surface area contributed by atoms with Gasteiger partial charge in [0.1, 0.15) is 0 Å². The molecule has 0 saturated heterocycles. The molecule has 0 N–H and O–H groups in total. The molecule has 13 heavy (non-hydrogen) atoms. The van der Waals surface area contributed by atoms with Gasteiger partial charge in [-0.25, -0.2) is 0 Å². The number of allylic oxidation sites excluding steroid dienone is 1. The van der Waals surface area contributed by atoms with Crippen LogP contribution in [0.1, 0.15) is 27.7 Å². The van der Waals surface area contributed by atoms with Crippen LogP contribution >= 0.6 is 0 Å². The summed E-state index contributed by atoms with van der Waals surface area (Å²) in [6.45, 7) is 12.9. The van der Waals surface area contributed by atoms with Crippen LogP contribution in [0.15, 0.2) is 21.8 Å². The zero-order chi connectivity index (χ0) is 10.3. The van der Waals surface area contributed by atoms with Crippen LogP contribution in [0.5, 0.6) is 0 Å². The van der Waals surface area contributed by atoms with E-state index in [2.05, 4.69) is 44.4 Å². The molecule has 74 valence electrons. The molecule has 0 saturated carbocycles. The van der Waals surface area contributed by atoms with Crippen LogP contribution in [0.2, 0.25) is 0 Å². The zero-order valence-corrected chi connectivity index (χ0v) is 9.12. The highest BCUT2D eigenvalue weighted by Crippen LogP contribution is 2.06. The molecule has 0 amide bonds. The summed E-state index contributed by atoms with van der Waals surface area (Å²) in [5, 5.41) is 0. The van der Waals surface area contributed by atoms with Gasteiger partial charge in [-0.1, -0.05) is 27.7 Å². The van der Waals surface area contributed by atoms with E-state index in [1.165, 1.54) is 0 Å². The Hall–Kier alpha value is -0.920. The topological polar surface area (TPSA) is 24.7 Å². The highest BCUT2D eigenvalue weighted by Gasteiger charge is 1.98. The zero-order valence-electron chi connectivity index (χ0n) is 9.12. The van der Waals surface area contributed by atoms with Crippen molar-refractivity contribution >= 4 is 12.9 Å². The molecule has 0 radical (unpaired) electrons. The fourth-order valence-electron chi connectivity index (χ4n) is 0.806. The normalized spacial score (nSPS) is 13.2. The maximum Gasteiger partial charge on any atom is 0.0412 e. The van der Waals surface area contributed by atoms with Crippen molar-refractivity contribution in [3.8, 4) is 0 Å². The van der Waals surface area contributed by atoms with E-state index in [1.807, 2.05) is 6.21 Å². The Morgan fingerprint density at radius 2 is 1.92 bits per heavy atom. The first-order chi connectivity index (χ1) is 6.07. The third-order valence-electron chi connectivity index (χ3n) is 1.62. The molecular formula is C11H20N2. The van der Waals surface area contributed by atoms with Gasteiger partial charge in [0.05, 0.1) is 0 Å².